The van der Waals surface area contributed by atoms with Crippen LogP contribution < -0.4 is 15.9 Å². The summed E-state index contributed by atoms with van der Waals surface area (Å²) in [7, 11) is -3.04. The average molecular weight is 1930 g/mol. The van der Waals surface area contributed by atoms with Crippen LogP contribution in [0.1, 0.15) is 97.7 Å². The third-order valence-electron chi connectivity index (χ3n) is 32.1. The second kappa shape index (κ2) is 32.6. The molecule has 32 rings (SSSR count). The first-order valence-electron chi connectivity index (χ1n) is 51.0. The molecule has 14 heteroatoms. The lowest BCUT2D eigenvalue weighted by Gasteiger charge is -2.32. The van der Waals surface area contributed by atoms with E-state index < -0.39 is 12.6 Å². The van der Waals surface area contributed by atoms with E-state index in [9.17, 15) is 4.57 Å². The number of rotatable bonds is 10. The Kier molecular flexibility index (Phi) is 19.0. The number of aromatic nitrogens is 11. The van der Waals surface area contributed by atoms with E-state index in [4.69, 9.17) is 14.4 Å². The van der Waals surface area contributed by atoms with Crippen LogP contribution in [-0.4, -0.2) is 51.1 Å². The molecule has 17 aromatic carbocycles. The lowest BCUT2D eigenvalue weighted by atomic mass is 9.68. The lowest BCUT2D eigenvalue weighted by molar-refractivity contribution is 0.592. The Balaban J connectivity index is 0.0000000932. The van der Waals surface area contributed by atoms with Gasteiger partial charge in [-0.15, -0.1) is 0 Å². The second-order valence-corrected chi connectivity index (χ2v) is 43.9. The number of fused-ring (bicyclic) bond motifs is 32. The molecule has 0 N–H and O–H groups in total. The standard InChI is InChI=1S/C37H29N2OP.C34H23N3.C32H24N4.C31H22N2O/c1-37(2)32-18-10-12-20-34(32)38-25-31-30-17-9-11-19-33(30)39(35(31)36(37)38)26-21-23-29(24-22-26)41(40,27-13-5-3-6-14-27)28-15-7-4-8-16-28;1-3-13-24(14-4-1)34(25-15-5-2-6-16-25)28-18-8-10-20-30(28)36-23-27-26-17-7-9-19-29(26)37(32(27)33(34)36)31-21-11-12-22-35-31;1-32(2)24-15-7-10-18-27(24)34-20-23-22-14-6-9-17-26(22)36(29(23)30(32)34)31-33-25-16-8-11-19-28(25)35(31)21-12-4-3-5-13-21;1-31(2)23-13-5-7-15-25(23)32-18-22-19-10-3-6-14-24(19)33(28(22)30(31)32)26-16-9-12-21-20-11-4-8-17-27(20)34-29(21)26/h3-25H,1-2H3;1-23H;3-20H,1-2H3;3-18H,1-2H3. The summed E-state index contributed by atoms with van der Waals surface area (Å²) in [5.41, 5.74) is 34.0. The van der Waals surface area contributed by atoms with Crippen LogP contribution in [0.4, 0.5) is 0 Å². The highest BCUT2D eigenvalue weighted by Gasteiger charge is 2.51. The fraction of sp³-hybridized carbons (Fsp3) is 0.0746. The van der Waals surface area contributed by atoms with Crippen molar-refractivity contribution in [2.24, 2.45) is 0 Å². The van der Waals surface area contributed by atoms with Crippen molar-refractivity contribution in [3.05, 3.63) is 542 Å². The Morgan fingerprint density at radius 3 is 1.09 bits per heavy atom. The smallest absolute Gasteiger partial charge is 0.220 e. The van der Waals surface area contributed by atoms with Crippen molar-refractivity contribution in [2.45, 2.75) is 63.2 Å². The predicted octanol–water partition coefficient (Wildman–Crippen LogP) is 31.2. The topological polar surface area (TPSA) is 100 Å². The minimum Gasteiger partial charge on any atom is -0.454 e. The van der Waals surface area contributed by atoms with Gasteiger partial charge in [0.15, 0.2) is 12.7 Å². The van der Waals surface area contributed by atoms with Crippen LogP contribution in [0.15, 0.2) is 490 Å². The highest BCUT2D eigenvalue weighted by atomic mass is 31.2. The summed E-state index contributed by atoms with van der Waals surface area (Å²) in [5.74, 6) is 1.84. The van der Waals surface area contributed by atoms with Crippen LogP contribution in [0, 0.1) is 0 Å². The summed E-state index contributed by atoms with van der Waals surface area (Å²) in [6.45, 7) is 14.0. The van der Waals surface area contributed by atoms with Crippen molar-refractivity contribution in [2.75, 3.05) is 0 Å². The molecule has 0 bridgehead atoms. The zero-order valence-electron chi connectivity index (χ0n) is 82.4. The van der Waals surface area contributed by atoms with Gasteiger partial charge >= 0.3 is 0 Å². The van der Waals surface area contributed by atoms with E-state index in [-0.39, 0.29) is 16.2 Å². The fourth-order valence-electron chi connectivity index (χ4n) is 25.8. The number of nitrogens with zero attached hydrogens (tertiary/aromatic N) is 11. The third kappa shape index (κ3) is 12.2. The van der Waals surface area contributed by atoms with Crippen molar-refractivity contribution in [3.8, 4) is 51.6 Å². The van der Waals surface area contributed by atoms with Crippen LogP contribution in [-0.2, 0) is 26.2 Å². The Hall–Kier alpha value is -18.3. The second-order valence-electron chi connectivity index (χ2n) is 41.1. The summed E-state index contributed by atoms with van der Waals surface area (Å²) in [4.78, 5) is 10.1. The molecule has 0 spiro atoms. The Morgan fingerprint density at radius 1 is 0.250 bits per heavy atom. The van der Waals surface area contributed by atoms with Gasteiger partial charge in [-0.3, -0.25) is 13.7 Å². The number of benzene rings is 17. The highest BCUT2D eigenvalue weighted by molar-refractivity contribution is 7.85. The van der Waals surface area contributed by atoms with Crippen LogP contribution >= 0.6 is 7.14 Å². The quantitative estimate of drug-likeness (QED) is 0.127. The minimum absolute atomic E-state index is 0.119. The molecular formula is C134H98N11O2P. The summed E-state index contributed by atoms with van der Waals surface area (Å²) < 4.78 is 42.9. The molecule has 148 heavy (non-hydrogen) atoms. The zero-order valence-corrected chi connectivity index (χ0v) is 83.3. The molecule has 0 amide bonds. The average Bonchev–Trinajstić information content (AvgIpc) is 1.38. The van der Waals surface area contributed by atoms with E-state index >= 15 is 0 Å². The summed E-state index contributed by atoms with van der Waals surface area (Å²) >= 11 is 0. The maximum Gasteiger partial charge on any atom is 0.220 e. The van der Waals surface area contributed by atoms with Crippen LogP contribution in [0.25, 0.3) is 172 Å². The van der Waals surface area contributed by atoms with Gasteiger partial charge in [0, 0.05) is 145 Å². The first kappa shape index (κ1) is 86.4. The number of para-hydroxylation sites is 13. The summed E-state index contributed by atoms with van der Waals surface area (Å²) in [6.07, 6.45) is 11.2. The van der Waals surface area contributed by atoms with E-state index in [0.717, 1.165) is 77.7 Å². The number of furan rings is 1. The molecule has 0 atom stereocenters. The maximum absolute atomic E-state index is 15.0. The minimum atomic E-state index is -3.04. The molecule has 13 nitrogen and oxygen atoms in total. The van der Waals surface area contributed by atoms with Gasteiger partial charge in [-0.2, -0.15) is 0 Å². The molecule has 706 valence electrons. The van der Waals surface area contributed by atoms with Crippen LogP contribution in [0.2, 0.25) is 0 Å². The normalized spacial score (nSPS) is 14.0. The summed E-state index contributed by atoms with van der Waals surface area (Å²) in [5, 5.41) is 14.8. The molecule has 0 unspecified atom stereocenters. The highest BCUT2D eigenvalue weighted by Crippen LogP contribution is 2.59. The van der Waals surface area contributed by atoms with Gasteiger partial charge in [-0.05, 0) is 155 Å². The van der Waals surface area contributed by atoms with E-state index in [0.29, 0.717) is 0 Å². The van der Waals surface area contributed by atoms with E-state index in [2.05, 4.69) is 490 Å². The van der Waals surface area contributed by atoms with Gasteiger partial charge in [0.1, 0.15) is 11.4 Å². The van der Waals surface area contributed by atoms with Crippen molar-refractivity contribution in [1.29, 1.82) is 0 Å². The molecule has 0 aliphatic carbocycles. The predicted molar refractivity (Wildman–Crippen MR) is 608 cm³/mol. The molecule has 4 aliphatic rings. The van der Waals surface area contributed by atoms with Crippen LogP contribution in [0.5, 0.6) is 0 Å². The first-order valence-corrected chi connectivity index (χ1v) is 52.7. The van der Waals surface area contributed by atoms with Gasteiger partial charge in [0.25, 0.3) is 0 Å². The SMILES string of the molecule is CC1(C)c2ccccc2-n2cc3c4ccccc4n(-c4ccc(P(=O)(c5ccccc5)c5ccccc5)cc4)c3c21.CC1(C)c2ccccc2-n2cc3c4ccccc4n(-c4cccc5c4oc4ccccc45)c3c21.CC1(C)c2ccccc2-n2cc3c4ccccc4n(-c4nc5ccccc5n4-c4ccccc4)c3c21.c1ccc(C2(c3ccccc3)c3ccccc3-n3cc4c5ccccc5n(-c5ccccn5)c4c32)cc1. The van der Waals surface area contributed by atoms with Crippen molar-refractivity contribution >= 4 is 143 Å². The molecule has 28 aromatic rings. The Labute approximate surface area is 854 Å². The van der Waals surface area contributed by atoms with Crippen molar-refractivity contribution in [3.63, 3.8) is 0 Å². The molecule has 4 aliphatic heterocycles. The monoisotopic (exact) mass is 1920 g/mol. The molecule has 0 radical (unpaired) electrons. The first-order chi connectivity index (χ1) is 72.7. The molecule has 15 heterocycles. The Bertz CT molecular complexity index is 10200. The molecule has 0 fully saturated rings. The van der Waals surface area contributed by atoms with Gasteiger partial charge in [-0.25, -0.2) is 9.97 Å². The van der Waals surface area contributed by atoms with Crippen molar-refractivity contribution in [1.82, 2.24) is 51.1 Å². The molecular weight excluding hydrogens is 1830 g/mol. The summed E-state index contributed by atoms with van der Waals surface area (Å²) in [6, 6.07) is 160. The largest absolute Gasteiger partial charge is 0.454 e. The lowest BCUT2D eigenvalue weighted by Crippen LogP contribution is -2.29. The molecule has 0 saturated heterocycles. The Morgan fingerprint density at radius 2 is 0.595 bits per heavy atom. The van der Waals surface area contributed by atoms with E-state index in [1.54, 1.807) is 0 Å². The fourth-order valence-corrected chi connectivity index (χ4v) is 28.5. The molecule has 0 saturated carbocycles. The number of hydrogen-bond donors (Lipinski definition) is 0. The van der Waals surface area contributed by atoms with E-state index in [1.165, 1.54) is 166 Å². The third-order valence-corrected chi connectivity index (χ3v) is 35.2. The number of imidazole rings is 1. The number of pyridine rings is 1. The van der Waals surface area contributed by atoms with Gasteiger partial charge in [0.05, 0.1) is 94.7 Å². The zero-order chi connectivity index (χ0) is 98.8. The maximum atomic E-state index is 15.0. The van der Waals surface area contributed by atoms with Gasteiger partial charge in [0.2, 0.25) is 5.95 Å². The van der Waals surface area contributed by atoms with Gasteiger partial charge < -0.3 is 36.4 Å². The number of hydrogen-bond acceptors (Lipinski definition) is 4. The van der Waals surface area contributed by atoms with Crippen molar-refractivity contribution < 1.29 is 8.98 Å². The van der Waals surface area contributed by atoms with Crippen LogP contribution in [0.3, 0.4) is 0 Å². The molecule has 11 aromatic heterocycles. The van der Waals surface area contributed by atoms with E-state index in [1.807, 2.05) is 79.0 Å². The van der Waals surface area contributed by atoms with Gasteiger partial charge in [-0.1, -0.05) is 375 Å².